The van der Waals surface area contributed by atoms with E-state index in [1.54, 1.807) is 0 Å². The maximum atomic E-state index is 13.4. The summed E-state index contributed by atoms with van der Waals surface area (Å²) < 4.78 is 31.1. The molecule has 0 aliphatic carbocycles. The van der Waals surface area contributed by atoms with Crippen LogP contribution in [0.1, 0.15) is 20.8 Å². The number of hydrogen-bond donors (Lipinski definition) is 1. The summed E-state index contributed by atoms with van der Waals surface area (Å²) in [5, 5.41) is 9.59. The number of rotatable bonds is 1. The van der Waals surface area contributed by atoms with Crippen molar-refractivity contribution in [1.82, 2.24) is 0 Å². The molecule has 19 heavy (non-hydrogen) atoms. The third kappa shape index (κ3) is 3.19. The summed E-state index contributed by atoms with van der Waals surface area (Å²) in [4.78, 5) is 10.7. The monoisotopic (exact) mass is 268 g/mol. The molecule has 0 amide bonds. The first-order valence-electron chi connectivity index (χ1n) is 5.78. The van der Waals surface area contributed by atoms with Crippen molar-refractivity contribution in [2.75, 3.05) is 0 Å². The molecule has 2 aromatic carbocycles. The van der Waals surface area contributed by atoms with Crippen molar-refractivity contribution in [1.29, 1.82) is 0 Å². The molecule has 102 valence electrons. The van der Waals surface area contributed by atoms with E-state index in [4.69, 9.17) is 4.74 Å². The summed E-state index contributed by atoms with van der Waals surface area (Å²) in [6.07, 6.45) is 0. The molecule has 0 aliphatic heterocycles. The van der Waals surface area contributed by atoms with E-state index >= 15 is 0 Å². The van der Waals surface area contributed by atoms with Crippen molar-refractivity contribution >= 4 is 16.7 Å². The first kappa shape index (κ1) is 14.9. The number of hydrogen-bond acceptors (Lipinski definition) is 3. The van der Waals surface area contributed by atoms with E-state index in [0.717, 1.165) is 12.1 Å². The van der Waals surface area contributed by atoms with Crippen LogP contribution in [0.4, 0.5) is 8.78 Å². The number of benzene rings is 2. The fourth-order valence-electron chi connectivity index (χ4n) is 1.57. The van der Waals surface area contributed by atoms with E-state index in [0.29, 0.717) is 0 Å². The van der Waals surface area contributed by atoms with Crippen LogP contribution in [0.15, 0.2) is 24.3 Å². The van der Waals surface area contributed by atoms with Gasteiger partial charge in [-0.2, -0.15) is 0 Å². The first-order chi connectivity index (χ1) is 8.99. The number of phenols is 1. The number of carbonyl (C=O) groups is 1. The molecule has 0 fully saturated rings. The lowest BCUT2D eigenvalue weighted by Gasteiger charge is -2.07. The van der Waals surface area contributed by atoms with Crippen LogP contribution in [0.5, 0.6) is 11.5 Å². The molecule has 0 aliphatic rings. The molecular weight excluding hydrogens is 254 g/mol. The smallest absolute Gasteiger partial charge is 0.308 e. The number of fused-ring (bicyclic) bond motifs is 1. The third-order valence-electron chi connectivity index (χ3n) is 2.22. The minimum Gasteiger partial charge on any atom is -0.507 e. The summed E-state index contributed by atoms with van der Waals surface area (Å²) in [7, 11) is 0. The average Bonchev–Trinajstić information content (AvgIpc) is 2.35. The van der Waals surface area contributed by atoms with Gasteiger partial charge in [0.1, 0.15) is 11.5 Å². The van der Waals surface area contributed by atoms with Crippen molar-refractivity contribution in [2.24, 2.45) is 0 Å². The van der Waals surface area contributed by atoms with Crippen LogP contribution in [0.25, 0.3) is 10.8 Å². The lowest BCUT2D eigenvalue weighted by Crippen LogP contribution is -2.01. The molecule has 0 radical (unpaired) electrons. The Hall–Kier alpha value is -2.17. The summed E-state index contributed by atoms with van der Waals surface area (Å²) in [5.41, 5.74) is 0. The van der Waals surface area contributed by atoms with Crippen molar-refractivity contribution in [2.45, 2.75) is 20.8 Å². The Bertz CT molecular complexity index is 609. The zero-order chi connectivity index (χ0) is 14.6. The number of ether oxygens (including phenoxy) is 1. The second-order valence-electron chi connectivity index (χ2n) is 3.50. The van der Waals surface area contributed by atoms with E-state index in [2.05, 4.69) is 0 Å². The van der Waals surface area contributed by atoms with E-state index in [1.807, 2.05) is 13.8 Å². The highest BCUT2D eigenvalue weighted by molar-refractivity contribution is 5.90. The Labute approximate surface area is 109 Å². The molecule has 0 heterocycles. The molecule has 0 saturated carbocycles. The van der Waals surface area contributed by atoms with Gasteiger partial charge in [0.15, 0.2) is 11.6 Å². The molecule has 3 nitrogen and oxygen atoms in total. The van der Waals surface area contributed by atoms with Crippen LogP contribution >= 0.6 is 0 Å². The van der Waals surface area contributed by atoms with Gasteiger partial charge in [0.05, 0.1) is 5.39 Å². The molecule has 0 aromatic heterocycles. The van der Waals surface area contributed by atoms with E-state index in [1.165, 1.54) is 19.1 Å². The predicted molar refractivity (Wildman–Crippen MR) is 68.2 cm³/mol. The highest BCUT2D eigenvalue weighted by atomic mass is 19.2. The third-order valence-corrected chi connectivity index (χ3v) is 2.22. The van der Waals surface area contributed by atoms with Gasteiger partial charge in [0, 0.05) is 13.0 Å². The Morgan fingerprint density at radius 2 is 1.84 bits per heavy atom. The summed E-state index contributed by atoms with van der Waals surface area (Å²) >= 11 is 0. The largest absolute Gasteiger partial charge is 0.507 e. The van der Waals surface area contributed by atoms with Gasteiger partial charge in [0.25, 0.3) is 0 Å². The summed E-state index contributed by atoms with van der Waals surface area (Å²) in [6, 6.07) is 4.64. The zero-order valence-electron chi connectivity index (χ0n) is 10.8. The van der Waals surface area contributed by atoms with Gasteiger partial charge in [-0.25, -0.2) is 8.78 Å². The topological polar surface area (TPSA) is 46.5 Å². The Kier molecular flexibility index (Phi) is 4.80. The van der Waals surface area contributed by atoms with Crippen molar-refractivity contribution in [3.8, 4) is 11.5 Å². The molecule has 0 spiro atoms. The van der Waals surface area contributed by atoms with Crippen molar-refractivity contribution < 1.29 is 23.4 Å². The van der Waals surface area contributed by atoms with Crippen LogP contribution in [0.3, 0.4) is 0 Å². The molecule has 0 saturated heterocycles. The highest BCUT2D eigenvalue weighted by Crippen LogP contribution is 2.33. The lowest BCUT2D eigenvalue weighted by atomic mass is 10.1. The molecule has 0 bridgehead atoms. The second-order valence-corrected chi connectivity index (χ2v) is 3.50. The van der Waals surface area contributed by atoms with E-state index < -0.39 is 23.4 Å². The maximum absolute atomic E-state index is 13.4. The normalized spacial score (nSPS) is 9.74. The number of aromatic hydroxyl groups is 1. The van der Waals surface area contributed by atoms with E-state index in [-0.39, 0.29) is 16.5 Å². The highest BCUT2D eigenvalue weighted by Gasteiger charge is 2.13. The van der Waals surface area contributed by atoms with Crippen LogP contribution in [-0.2, 0) is 4.79 Å². The molecular formula is C14H14F2O3. The zero-order valence-corrected chi connectivity index (χ0v) is 10.8. The van der Waals surface area contributed by atoms with Crippen LogP contribution in [0.2, 0.25) is 0 Å². The molecule has 1 N–H and O–H groups in total. The molecule has 2 rings (SSSR count). The SMILES string of the molecule is CC.CC(=O)Oc1cc(O)c2c(F)c(F)ccc2c1. The first-order valence-corrected chi connectivity index (χ1v) is 5.78. The summed E-state index contributed by atoms with van der Waals surface area (Å²) in [5.74, 6) is -3.14. The minimum atomic E-state index is -1.13. The van der Waals surface area contributed by atoms with Gasteiger partial charge in [-0.05, 0) is 17.5 Å². The van der Waals surface area contributed by atoms with Gasteiger partial charge in [-0.1, -0.05) is 19.9 Å². The van der Waals surface area contributed by atoms with Crippen LogP contribution < -0.4 is 4.74 Å². The Morgan fingerprint density at radius 3 is 2.42 bits per heavy atom. The van der Waals surface area contributed by atoms with Gasteiger partial charge < -0.3 is 9.84 Å². The molecule has 5 heteroatoms. The number of phenolic OH excluding ortho intramolecular Hbond substituents is 1. The number of esters is 1. The quantitative estimate of drug-likeness (QED) is 0.632. The minimum absolute atomic E-state index is 0.0773. The fraction of sp³-hybridized carbons (Fsp3) is 0.214. The predicted octanol–water partition coefficient (Wildman–Crippen LogP) is 3.78. The van der Waals surface area contributed by atoms with E-state index in [9.17, 15) is 18.7 Å². The Balaban J connectivity index is 0.000000861. The molecule has 0 unspecified atom stereocenters. The number of halogens is 2. The standard InChI is InChI=1S/C12H8F2O3.C2H6/c1-6(15)17-8-4-7-2-3-9(13)12(14)11(7)10(16)5-8;1-2/h2-5,16H,1H3;1-2H3. The lowest BCUT2D eigenvalue weighted by molar-refractivity contribution is -0.131. The van der Waals surface area contributed by atoms with Crippen LogP contribution in [-0.4, -0.2) is 11.1 Å². The van der Waals surface area contributed by atoms with Crippen LogP contribution in [0, 0.1) is 11.6 Å². The van der Waals surface area contributed by atoms with Crippen molar-refractivity contribution in [3.05, 3.63) is 35.9 Å². The Morgan fingerprint density at radius 1 is 1.21 bits per heavy atom. The van der Waals surface area contributed by atoms with Gasteiger partial charge >= 0.3 is 5.97 Å². The maximum Gasteiger partial charge on any atom is 0.308 e. The number of carbonyl (C=O) groups excluding carboxylic acids is 1. The summed E-state index contributed by atoms with van der Waals surface area (Å²) in [6.45, 7) is 5.20. The van der Waals surface area contributed by atoms with Gasteiger partial charge in [-0.3, -0.25) is 4.79 Å². The van der Waals surface area contributed by atoms with Crippen molar-refractivity contribution in [3.63, 3.8) is 0 Å². The van der Waals surface area contributed by atoms with Gasteiger partial charge in [0.2, 0.25) is 0 Å². The fourth-order valence-corrected chi connectivity index (χ4v) is 1.57. The van der Waals surface area contributed by atoms with Gasteiger partial charge in [-0.15, -0.1) is 0 Å². The second kappa shape index (κ2) is 6.13. The molecule has 0 atom stereocenters. The molecule has 2 aromatic rings. The average molecular weight is 268 g/mol.